The van der Waals surface area contributed by atoms with Gasteiger partial charge in [-0.25, -0.2) is 8.78 Å². The van der Waals surface area contributed by atoms with E-state index in [0.717, 1.165) is 24.3 Å². The summed E-state index contributed by atoms with van der Waals surface area (Å²) in [6.45, 7) is 0. The van der Waals surface area contributed by atoms with E-state index >= 15 is 0 Å². The van der Waals surface area contributed by atoms with Crippen molar-refractivity contribution in [2.45, 2.75) is 0 Å². The van der Waals surface area contributed by atoms with E-state index in [-0.39, 0.29) is 17.1 Å². The first-order chi connectivity index (χ1) is 9.99. The Bertz CT molecular complexity index is 776. The first-order valence-electron chi connectivity index (χ1n) is 5.92. The first-order valence-corrected chi connectivity index (χ1v) is 5.92. The number of phenols is 2. The van der Waals surface area contributed by atoms with Crippen molar-refractivity contribution in [3.8, 4) is 17.2 Å². The predicted molar refractivity (Wildman–Crippen MR) is 69.1 cm³/mol. The summed E-state index contributed by atoms with van der Waals surface area (Å²) in [5.41, 5.74) is -0.411. The average Bonchev–Trinajstić information content (AvgIpc) is 2.76. The molecule has 0 fully saturated rings. The summed E-state index contributed by atoms with van der Waals surface area (Å²) in [6, 6.07) is 5.67. The molecule has 21 heavy (non-hydrogen) atoms. The molecule has 0 bridgehead atoms. The molecule has 0 spiro atoms. The number of hydrogen-bond acceptors (Lipinski definition) is 4. The molecule has 0 saturated heterocycles. The lowest BCUT2D eigenvalue weighted by atomic mass is 10.1. The number of carbonyl (C=O) groups excluding carboxylic acids is 1. The van der Waals surface area contributed by atoms with Gasteiger partial charge in [0.1, 0.15) is 11.6 Å². The third-order valence-corrected chi connectivity index (χ3v) is 3.07. The maximum Gasteiger partial charge on any atom is 0.232 e. The standard InChI is InChI=1S/C15H8F2O4/c16-9-2-1-3-10(17)8(9)6-12-13(19)7-4-5-11(18)14(20)15(7)21-12/h1-6,18,20H/b12-6-. The van der Waals surface area contributed by atoms with Crippen LogP contribution in [0.25, 0.3) is 6.08 Å². The van der Waals surface area contributed by atoms with Crippen LogP contribution in [0.2, 0.25) is 0 Å². The number of halogens is 2. The van der Waals surface area contributed by atoms with Crippen LogP contribution in [-0.4, -0.2) is 16.0 Å². The molecule has 1 aliphatic rings. The van der Waals surface area contributed by atoms with Crippen molar-refractivity contribution in [2.75, 3.05) is 0 Å². The van der Waals surface area contributed by atoms with E-state index in [1.165, 1.54) is 12.1 Å². The molecule has 6 heteroatoms. The summed E-state index contributed by atoms with van der Waals surface area (Å²) in [4.78, 5) is 12.1. The van der Waals surface area contributed by atoms with Crippen LogP contribution in [0.4, 0.5) is 8.78 Å². The Balaban J connectivity index is 2.10. The van der Waals surface area contributed by atoms with Crippen molar-refractivity contribution in [3.05, 3.63) is 58.9 Å². The number of benzene rings is 2. The molecule has 0 saturated carbocycles. The number of phenolic OH excluding ortho intramolecular Hbond substituents is 2. The fourth-order valence-electron chi connectivity index (χ4n) is 2.01. The van der Waals surface area contributed by atoms with E-state index in [9.17, 15) is 23.8 Å². The number of carbonyl (C=O) groups is 1. The molecule has 1 aliphatic heterocycles. The minimum Gasteiger partial charge on any atom is -0.504 e. The average molecular weight is 290 g/mol. The number of ether oxygens (including phenoxy) is 1. The second kappa shape index (κ2) is 4.59. The van der Waals surface area contributed by atoms with E-state index in [2.05, 4.69) is 0 Å². The molecular formula is C15H8F2O4. The SMILES string of the molecule is O=C1/C(=C/c2c(F)cccc2F)Oc2c1ccc(O)c2O. The van der Waals surface area contributed by atoms with Gasteiger partial charge in [-0.2, -0.15) is 0 Å². The molecule has 0 aromatic heterocycles. The number of aromatic hydroxyl groups is 2. The van der Waals surface area contributed by atoms with Gasteiger partial charge in [0.25, 0.3) is 0 Å². The van der Waals surface area contributed by atoms with Crippen LogP contribution in [0.1, 0.15) is 15.9 Å². The van der Waals surface area contributed by atoms with Crippen LogP contribution in [0, 0.1) is 11.6 Å². The molecule has 0 aliphatic carbocycles. The lowest BCUT2D eigenvalue weighted by Gasteiger charge is -2.03. The van der Waals surface area contributed by atoms with E-state index in [1.54, 1.807) is 0 Å². The molecule has 0 radical (unpaired) electrons. The molecule has 0 unspecified atom stereocenters. The molecule has 3 rings (SSSR count). The molecular weight excluding hydrogens is 282 g/mol. The van der Waals surface area contributed by atoms with Crippen LogP contribution in [0.15, 0.2) is 36.1 Å². The summed E-state index contributed by atoms with van der Waals surface area (Å²) in [5, 5.41) is 19.0. The predicted octanol–water partition coefficient (Wildman–Crippen LogP) is 2.99. The van der Waals surface area contributed by atoms with Crippen LogP contribution in [0.3, 0.4) is 0 Å². The lowest BCUT2D eigenvalue weighted by molar-refractivity contribution is 0.101. The minimum absolute atomic E-state index is 0.00768. The molecule has 2 N–H and O–H groups in total. The second-order valence-corrected chi connectivity index (χ2v) is 4.39. The van der Waals surface area contributed by atoms with Crippen LogP contribution in [0.5, 0.6) is 17.2 Å². The number of Topliss-reactive ketones (excluding diaryl/α,β-unsaturated/α-hetero) is 1. The summed E-state index contributed by atoms with van der Waals surface area (Å²) in [5.74, 6) is -3.96. The molecule has 0 atom stereocenters. The Hall–Kier alpha value is -2.89. The Morgan fingerprint density at radius 3 is 2.38 bits per heavy atom. The van der Waals surface area contributed by atoms with Gasteiger partial charge in [0.05, 0.1) is 5.56 Å². The number of ketones is 1. The largest absolute Gasteiger partial charge is 0.504 e. The van der Waals surface area contributed by atoms with Crippen LogP contribution < -0.4 is 4.74 Å². The topological polar surface area (TPSA) is 66.8 Å². The van der Waals surface area contributed by atoms with Gasteiger partial charge >= 0.3 is 0 Å². The molecule has 106 valence electrons. The number of hydrogen-bond donors (Lipinski definition) is 2. The number of rotatable bonds is 1. The Kier molecular flexibility index (Phi) is 2.86. The highest BCUT2D eigenvalue weighted by atomic mass is 19.1. The summed E-state index contributed by atoms with van der Waals surface area (Å²) < 4.78 is 32.2. The quantitative estimate of drug-likeness (QED) is 0.626. The monoisotopic (exact) mass is 290 g/mol. The fraction of sp³-hybridized carbons (Fsp3) is 0. The van der Waals surface area contributed by atoms with Crippen molar-refractivity contribution in [1.82, 2.24) is 0 Å². The fourth-order valence-corrected chi connectivity index (χ4v) is 2.01. The highest BCUT2D eigenvalue weighted by Gasteiger charge is 2.31. The highest BCUT2D eigenvalue weighted by Crippen LogP contribution is 2.44. The van der Waals surface area contributed by atoms with Crippen molar-refractivity contribution >= 4 is 11.9 Å². The van der Waals surface area contributed by atoms with Crippen LogP contribution in [-0.2, 0) is 0 Å². The van der Waals surface area contributed by atoms with Crippen molar-refractivity contribution < 1.29 is 28.5 Å². The number of fused-ring (bicyclic) bond motifs is 1. The second-order valence-electron chi connectivity index (χ2n) is 4.39. The van der Waals surface area contributed by atoms with E-state index in [4.69, 9.17) is 4.74 Å². The van der Waals surface area contributed by atoms with Crippen molar-refractivity contribution in [1.29, 1.82) is 0 Å². The van der Waals surface area contributed by atoms with Crippen molar-refractivity contribution in [3.63, 3.8) is 0 Å². The van der Waals surface area contributed by atoms with Gasteiger partial charge < -0.3 is 14.9 Å². The molecule has 1 heterocycles. The third kappa shape index (κ3) is 2.01. The molecule has 4 nitrogen and oxygen atoms in total. The number of allylic oxidation sites excluding steroid dienone is 1. The smallest absolute Gasteiger partial charge is 0.232 e. The van der Waals surface area contributed by atoms with Gasteiger partial charge in [-0.05, 0) is 30.3 Å². The maximum atomic E-state index is 13.6. The molecule has 2 aromatic carbocycles. The molecule has 0 amide bonds. The van der Waals surface area contributed by atoms with Gasteiger partial charge in [-0.3, -0.25) is 4.79 Å². The van der Waals surface area contributed by atoms with Gasteiger partial charge in [-0.1, -0.05) is 6.07 Å². The Morgan fingerprint density at radius 1 is 1.05 bits per heavy atom. The van der Waals surface area contributed by atoms with E-state index < -0.39 is 34.5 Å². The zero-order valence-corrected chi connectivity index (χ0v) is 10.4. The van der Waals surface area contributed by atoms with Crippen LogP contribution >= 0.6 is 0 Å². The Labute approximate surface area is 117 Å². The summed E-state index contributed by atoms with van der Waals surface area (Å²) in [7, 11) is 0. The van der Waals surface area contributed by atoms with E-state index in [0.29, 0.717) is 0 Å². The lowest BCUT2D eigenvalue weighted by Crippen LogP contribution is -1.99. The van der Waals surface area contributed by atoms with Gasteiger partial charge in [0.2, 0.25) is 11.5 Å². The normalized spacial score (nSPS) is 15.1. The first kappa shape index (κ1) is 13.1. The molecule has 2 aromatic rings. The summed E-state index contributed by atoms with van der Waals surface area (Å²) in [6.07, 6.45) is 0.920. The minimum atomic E-state index is -0.845. The zero-order valence-electron chi connectivity index (χ0n) is 10.4. The third-order valence-electron chi connectivity index (χ3n) is 3.07. The maximum absolute atomic E-state index is 13.6. The van der Waals surface area contributed by atoms with Gasteiger partial charge in [-0.15, -0.1) is 0 Å². The highest BCUT2D eigenvalue weighted by molar-refractivity contribution is 6.15. The van der Waals surface area contributed by atoms with Crippen molar-refractivity contribution in [2.24, 2.45) is 0 Å². The zero-order chi connectivity index (χ0) is 15.1. The van der Waals surface area contributed by atoms with E-state index in [1.807, 2.05) is 0 Å². The van der Waals surface area contributed by atoms with Gasteiger partial charge in [0.15, 0.2) is 17.3 Å². The van der Waals surface area contributed by atoms with Gasteiger partial charge in [0, 0.05) is 5.56 Å². The Morgan fingerprint density at radius 2 is 1.71 bits per heavy atom. The summed E-state index contributed by atoms with van der Waals surface area (Å²) >= 11 is 0.